The average Bonchev–Trinajstić information content (AvgIpc) is 2.06. The topological polar surface area (TPSA) is 0 Å². The summed E-state index contributed by atoms with van der Waals surface area (Å²) < 4.78 is 0. The second-order valence-electron chi connectivity index (χ2n) is 5.32. The molecule has 0 heterocycles. The van der Waals surface area contributed by atoms with Gasteiger partial charge in [0.25, 0.3) is 0 Å². The molecule has 0 aromatic rings. The maximum Gasteiger partial charge on any atom is -0.0190 e. The van der Waals surface area contributed by atoms with E-state index >= 15 is 0 Å². The largest absolute Gasteiger partial charge is 0.0808 e. The van der Waals surface area contributed by atoms with Crippen molar-refractivity contribution >= 4 is 0 Å². The Morgan fingerprint density at radius 3 is 2.46 bits per heavy atom. The SMILES string of the molecule is CC1=C/CC2(C)CC(C2)\C(C)=C\1C. The highest BCUT2D eigenvalue weighted by Gasteiger charge is 2.41. The van der Waals surface area contributed by atoms with Gasteiger partial charge in [0.05, 0.1) is 0 Å². The molecule has 3 aliphatic carbocycles. The van der Waals surface area contributed by atoms with Crippen molar-refractivity contribution in [3.8, 4) is 0 Å². The normalized spacial score (nSPS) is 48.6. The molecule has 0 radical (unpaired) electrons. The summed E-state index contributed by atoms with van der Waals surface area (Å²) in [6.45, 7) is 9.29. The summed E-state index contributed by atoms with van der Waals surface area (Å²) in [5, 5.41) is 0. The molecule has 0 aromatic heterocycles. The minimum absolute atomic E-state index is 0.633. The molecule has 0 heteroatoms. The molecule has 0 unspecified atom stereocenters. The van der Waals surface area contributed by atoms with Crippen LogP contribution in [0.2, 0.25) is 0 Å². The molecule has 0 amide bonds. The predicted molar refractivity (Wildman–Crippen MR) is 57.6 cm³/mol. The van der Waals surface area contributed by atoms with Crippen molar-refractivity contribution in [2.75, 3.05) is 0 Å². The van der Waals surface area contributed by atoms with Crippen LogP contribution in [0.5, 0.6) is 0 Å². The van der Waals surface area contributed by atoms with Crippen LogP contribution in [-0.2, 0) is 0 Å². The van der Waals surface area contributed by atoms with Crippen molar-refractivity contribution in [1.82, 2.24) is 0 Å². The third-order valence-electron chi connectivity index (χ3n) is 4.17. The Balaban J connectivity index is 2.34. The molecule has 3 aliphatic rings. The Labute approximate surface area is 81.7 Å². The summed E-state index contributed by atoms with van der Waals surface area (Å²) in [5.74, 6) is 0.897. The zero-order valence-corrected chi connectivity index (χ0v) is 9.28. The molecule has 0 aromatic carbocycles. The quantitative estimate of drug-likeness (QED) is 0.521. The van der Waals surface area contributed by atoms with Crippen LogP contribution >= 0.6 is 0 Å². The van der Waals surface area contributed by atoms with Gasteiger partial charge in [-0.2, -0.15) is 0 Å². The van der Waals surface area contributed by atoms with E-state index in [0.717, 1.165) is 5.92 Å². The summed E-state index contributed by atoms with van der Waals surface area (Å²) in [6, 6.07) is 0. The fourth-order valence-electron chi connectivity index (χ4n) is 2.77. The van der Waals surface area contributed by atoms with Crippen LogP contribution < -0.4 is 0 Å². The lowest BCUT2D eigenvalue weighted by Gasteiger charge is -2.47. The molecule has 0 N–H and O–H groups in total. The lowest BCUT2D eigenvalue weighted by molar-refractivity contribution is 0.100. The van der Waals surface area contributed by atoms with Crippen LogP contribution in [0, 0.1) is 11.3 Å². The Morgan fingerprint density at radius 2 is 1.85 bits per heavy atom. The predicted octanol–water partition coefficient (Wildman–Crippen LogP) is 4.09. The van der Waals surface area contributed by atoms with Gasteiger partial charge < -0.3 is 0 Å². The number of allylic oxidation sites excluding steroid dienone is 4. The number of rotatable bonds is 0. The van der Waals surface area contributed by atoms with E-state index in [1.807, 2.05) is 0 Å². The first kappa shape index (κ1) is 9.05. The van der Waals surface area contributed by atoms with Crippen LogP contribution in [0.25, 0.3) is 0 Å². The van der Waals surface area contributed by atoms with E-state index in [2.05, 4.69) is 33.8 Å². The van der Waals surface area contributed by atoms with Crippen molar-refractivity contribution < 1.29 is 0 Å². The molecule has 0 aliphatic heterocycles. The summed E-state index contributed by atoms with van der Waals surface area (Å²) in [6.07, 6.45) is 6.56. The van der Waals surface area contributed by atoms with E-state index in [1.54, 1.807) is 11.1 Å². The molecule has 13 heavy (non-hydrogen) atoms. The molecular formula is C13H20. The van der Waals surface area contributed by atoms with Gasteiger partial charge in [0.15, 0.2) is 0 Å². The van der Waals surface area contributed by atoms with Gasteiger partial charge in [-0.05, 0) is 56.9 Å². The van der Waals surface area contributed by atoms with Crippen LogP contribution in [0.15, 0.2) is 22.8 Å². The zero-order valence-electron chi connectivity index (χ0n) is 9.28. The molecule has 1 saturated carbocycles. The minimum atomic E-state index is 0.633. The number of fused-ring (bicyclic) bond motifs is 2. The van der Waals surface area contributed by atoms with Gasteiger partial charge in [-0.15, -0.1) is 0 Å². The fraction of sp³-hybridized carbons (Fsp3) is 0.692. The molecule has 3 rings (SSSR count). The van der Waals surface area contributed by atoms with Crippen molar-refractivity contribution in [2.45, 2.75) is 47.0 Å². The molecule has 0 nitrogen and oxygen atoms in total. The Hall–Kier alpha value is -0.520. The van der Waals surface area contributed by atoms with Gasteiger partial charge in [-0.1, -0.05) is 24.1 Å². The average molecular weight is 176 g/mol. The Kier molecular flexibility index (Phi) is 1.90. The highest BCUT2D eigenvalue weighted by molar-refractivity contribution is 5.35. The third-order valence-corrected chi connectivity index (χ3v) is 4.17. The Bertz CT molecular complexity index is 285. The van der Waals surface area contributed by atoms with E-state index in [1.165, 1.54) is 24.8 Å². The Morgan fingerprint density at radius 1 is 1.23 bits per heavy atom. The molecule has 72 valence electrons. The van der Waals surface area contributed by atoms with Gasteiger partial charge in [0.2, 0.25) is 0 Å². The van der Waals surface area contributed by atoms with Crippen LogP contribution in [0.4, 0.5) is 0 Å². The summed E-state index contributed by atoms with van der Waals surface area (Å²) in [4.78, 5) is 0. The smallest absolute Gasteiger partial charge is 0.0190 e. The molecular weight excluding hydrogens is 156 g/mol. The molecule has 0 spiro atoms. The lowest BCUT2D eigenvalue weighted by Crippen LogP contribution is -2.36. The highest BCUT2D eigenvalue weighted by Crippen LogP contribution is 2.53. The van der Waals surface area contributed by atoms with Crippen molar-refractivity contribution in [3.63, 3.8) is 0 Å². The standard InChI is InChI=1S/C13H20/c1-9-5-6-13(4)7-12(8-13)11(3)10(9)2/h5,12H,6-8H2,1-4H3/b9-5-,11-10+. The second-order valence-corrected chi connectivity index (χ2v) is 5.32. The van der Waals surface area contributed by atoms with Crippen LogP contribution in [0.3, 0.4) is 0 Å². The first-order valence-corrected chi connectivity index (χ1v) is 5.36. The van der Waals surface area contributed by atoms with Crippen molar-refractivity contribution in [2.24, 2.45) is 11.3 Å². The molecule has 1 fully saturated rings. The van der Waals surface area contributed by atoms with Crippen LogP contribution in [-0.4, -0.2) is 0 Å². The van der Waals surface area contributed by atoms with Gasteiger partial charge in [-0.25, -0.2) is 0 Å². The lowest BCUT2D eigenvalue weighted by atomic mass is 9.58. The molecule has 2 bridgehead atoms. The first-order chi connectivity index (χ1) is 6.02. The van der Waals surface area contributed by atoms with E-state index in [9.17, 15) is 0 Å². The zero-order chi connectivity index (χ0) is 9.64. The van der Waals surface area contributed by atoms with E-state index in [-0.39, 0.29) is 0 Å². The summed E-state index contributed by atoms with van der Waals surface area (Å²) in [7, 11) is 0. The number of hydrogen-bond acceptors (Lipinski definition) is 0. The third kappa shape index (κ3) is 1.37. The van der Waals surface area contributed by atoms with Crippen LogP contribution in [0.1, 0.15) is 47.0 Å². The fourth-order valence-corrected chi connectivity index (χ4v) is 2.77. The maximum absolute atomic E-state index is 2.44. The van der Waals surface area contributed by atoms with Gasteiger partial charge in [0, 0.05) is 0 Å². The maximum atomic E-state index is 2.44. The van der Waals surface area contributed by atoms with Gasteiger partial charge >= 0.3 is 0 Å². The minimum Gasteiger partial charge on any atom is -0.0808 e. The highest BCUT2D eigenvalue weighted by atomic mass is 14.5. The first-order valence-electron chi connectivity index (χ1n) is 5.36. The molecule has 0 saturated heterocycles. The summed E-state index contributed by atoms with van der Waals surface area (Å²) in [5.41, 5.74) is 5.33. The van der Waals surface area contributed by atoms with E-state index in [0.29, 0.717) is 5.41 Å². The number of hydrogen-bond donors (Lipinski definition) is 0. The van der Waals surface area contributed by atoms with Gasteiger partial charge in [0.1, 0.15) is 0 Å². The van der Waals surface area contributed by atoms with Crippen molar-refractivity contribution in [1.29, 1.82) is 0 Å². The molecule has 0 atom stereocenters. The van der Waals surface area contributed by atoms with Gasteiger partial charge in [-0.3, -0.25) is 0 Å². The second kappa shape index (κ2) is 2.73. The summed E-state index contributed by atoms with van der Waals surface area (Å²) >= 11 is 0. The van der Waals surface area contributed by atoms with Crippen molar-refractivity contribution in [3.05, 3.63) is 22.8 Å². The van der Waals surface area contributed by atoms with E-state index in [4.69, 9.17) is 0 Å². The monoisotopic (exact) mass is 176 g/mol. The van der Waals surface area contributed by atoms with E-state index < -0.39 is 0 Å².